The average Bonchev–Trinajstić information content (AvgIpc) is 2.71. The van der Waals surface area contributed by atoms with Crippen LogP contribution in [0.25, 0.3) is 0 Å². The summed E-state index contributed by atoms with van der Waals surface area (Å²) < 4.78 is 5.75. The van der Waals surface area contributed by atoms with Crippen LogP contribution in [0.15, 0.2) is 41.8 Å². The Morgan fingerprint density at radius 1 is 1.34 bits per heavy atom. The predicted molar refractivity (Wildman–Crippen MR) is 118 cm³/mol. The first kappa shape index (κ1) is 23.7. The number of ether oxygens (including phenoxy) is 1. The summed E-state index contributed by atoms with van der Waals surface area (Å²) in [6, 6.07) is 5.61. The van der Waals surface area contributed by atoms with Gasteiger partial charge in [-0.1, -0.05) is 35.8 Å². The molecule has 1 aromatic carbocycles. The Kier molecular flexibility index (Phi) is 9.99. The molecule has 7 nitrogen and oxygen atoms in total. The van der Waals surface area contributed by atoms with Gasteiger partial charge in [0, 0.05) is 37.2 Å². The fourth-order valence-corrected chi connectivity index (χ4v) is 3.55. The summed E-state index contributed by atoms with van der Waals surface area (Å²) in [5.74, 6) is 4.62. The zero-order valence-electron chi connectivity index (χ0n) is 15.8. The molecule has 1 aromatic rings. The molecule has 0 spiro atoms. The van der Waals surface area contributed by atoms with Crippen molar-refractivity contribution in [3.63, 3.8) is 0 Å². The van der Waals surface area contributed by atoms with Gasteiger partial charge in [0.1, 0.15) is 0 Å². The third-order valence-electron chi connectivity index (χ3n) is 4.09. The van der Waals surface area contributed by atoms with E-state index in [9.17, 15) is 9.59 Å². The molecule has 0 aromatic heterocycles. The van der Waals surface area contributed by atoms with Crippen LogP contribution in [0.3, 0.4) is 0 Å². The van der Waals surface area contributed by atoms with Crippen LogP contribution >= 0.6 is 35.0 Å². The van der Waals surface area contributed by atoms with Crippen molar-refractivity contribution in [2.75, 3.05) is 32.0 Å². The maximum Gasteiger partial charge on any atom is 0.257 e. The lowest BCUT2D eigenvalue weighted by Gasteiger charge is -2.33. The first-order valence-corrected chi connectivity index (χ1v) is 10.7. The monoisotopic (exact) mass is 458 g/mol. The van der Waals surface area contributed by atoms with E-state index >= 15 is 0 Å². The second kappa shape index (κ2) is 12.2. The summed E-state index contributed by atoms with van der Waals surface area (Å²) in [7, 11) is 0. The lowest BCUT2D eigenvalue weighted by molar-refractivity contribution is -0.120. The molecule has 1 aliphatic heterocycles. The van der Waals surface area contributed by atoms with Gasteiger partial charge >= 0.3 is 0 Å². The first-order chi connectivity index (χ1) is 13.9. The Hall–Kier alpha value is -1.55. The average molecular weight is 459 g/mol. The van der Waals surface area contributed by atoms with E-state index in [1.807, 2.05) is 17.6 Å². The van der Waals surface area contributed by atoms with E-state index in [4.69, 9.17) is 33.8 Å². The van der Waals surface area contributed by atoms with Gasteiger partial charge in [0.05, 0.1) is 28.5 Å². The van der Waals surface area contributed by atoms with Gasteiger partial charge < -0.3 is 10.1 Å². The summed E-state index contributed by atoms with van der Waals surface area (Å²) in [5.41, 5.74) is 3.06. The van der Waals surface area contributed by atoms with Gasteiger partial charge in [-0.15, -0.1) is 11.8 Å². The van der Waals surface area contributed by atoms with Crippen molar-refractivity contribution < 1.29 is 14.3 Å². The van der Waals surface area contributed by atoms with Crippen LogP contribution in [0.1, 0.15) is 5.56 Å². The van der Waals surface area contributed by atoms with Gasteiger partial charge in [0.25, 0.3) is 5.91 Å². The smallest absolute Gasteiger partial charge is 0.257 e. The van der Waals surface area contributed by atoms with Crippen molar-refractivity contribution in [1.29, 1.82) is 0 Å². The molecule has 4 N–H and O–H groups in total. The summed E-state index contributed by atoms with van der Waals surface area (Å²) >= 11 is 13.3. The van der Waals surface area contributed by atoms with Gasteiger partial charge in [-0.2, -0.15) is 0 Å². The van der Waals surface area contributed by atoms with Crippen LogP contribution in [0, 0.1) is 0 Å². The Bertz CT molecular complexity index is 776. The molecule has 29 heavy (non-hydrogen) atoms. The van der Waals surface area contributed by atoms with E-state index < -0.39 is 5.91 Å². The lowest BCUT2D eigenvalue weighted by Crippen LogP contribution is -2.47. The SMILES string of the molecule is C=C(/C=C\C(=O)NN)SCC(=O)NC[C@H]1CN(Cc2ccc(Cl)c(Cl)c2)CCO1. The predicted octanol–water partition coefficient (Wildman–Crippen LogP) is 2.10. The van der Waals surface area contributed by atoms with Gasteiger partial charge in [0.15, 0.2) is 0 Å². The highest BCUT2D eigenvalue weighted by atomic mass is 35.5. The van der Waals surface area contributed by atoms with Gasteiger partial charge in [-0.3, -0.25) is 19.9 Å². The van der Waals surface area contributed by atoms with Gasteiger partial charge in [-0.25, -0.2) is 5.84 Å². The third kappa shape index (κ3) is 8.77. The van der Waals surface area contributed by atoms with E-state index in [1.54, 1.807) is 6.07 Å². The van der Waals surface area contributed by atoms with Crippen LogP contribution in [-0.2, 0) is 20.9 Å². The number of nitrogens with one attached hydrogen (secondary N) is 2. The maximum atomic E-state index is 12.0. The number of benzene rings is 1. The highest BCUT2D eigenvalue weighted by Gasteiger charge is 2.21. The van der Waals surface area contributed by atoms with Crippen LogP contribution < -0.4 is 16.6 Å². The number of amides is 2. The number of hydrogen-bond donors (Lipinski definition) is 3. The molecule has 2 rings (SSSR count). The standard InChI is InChI=1S/C19H24Cl2N4O3S/c1-13(2-5-18(26)24-22)29-12-19(27)23-9-15-11-25(6-7-28-15)10-14-3-4-16(20)17(21)8-14/h2-5,8,15H,1,6-7,9-12,22H2,(H,23,27)(H,24,26)/b5-2-/t15-/m0/s1. The Labute approximate surface area is 184 Å². The number of hydrogen-bond acceptors (Lipinski definition) is 6. The topological polar surface area (TPSA) is 96.7 Å². The molecule has 1 heterocycles. The molecule has 0 aliphatic carbocycles. The van der Waals surface area contributed by atoms with Crippen molar-refractivity contribution in [3.8, 4) is 0 Å². The molecule has 0 radical (unpaired) electrons. The molecule has 10 heteroatoms. The summed E-state index contributed by atoms with van der Waals surface area (Å²) in [6.07, 6.45) is 2.67. The minimum atomic E-state index is -0.434. The van der Waals surface area contributed by atoms with Crippen molar-refractivity contribution in [3.05, 3.63) is 57.4 Å². The van der Waals surface area contributed by atoms with Crippen LogP contribution in [0.2, 0.25) is 10.0 Å². The van der Waals surface area contributed by atoms with E-state index in [0.717, 1.165) is 18.7 Å². The molecule has 1 saturated heterocycles. The number of rotatable bonds is 9. The number of carbonyl (C=O) groups is 2. The molecule has 2 amide bonds. The second-order valence-electron chi connectivity index (χ2n) is 6.38. The fraction of sp³-hybridized carbons (Fsp3) is 0.368. The quantitative estimate of drug-likeness (QED) is 0.172. The van der Waals surface area contributed by atoms with Crippen molar-refractivity contribution in [2.45, 2.75) is 12.6 Å². The number of allylic oxidation sites excluding steroid dienone is 1. The van der Waals surface area contributed by atoms with E-state index in [2.05, 4.69) is 16.8 Å². The zero-order valence-corrected chi connectivity index (χ0v) is 18.2. The molecule has 1 aliphatic rings. The number of thioether (sulfide) groups is 1. The molecule has 1 fully saturated rings. The zero-order chi connectivity index (χ0) is 21.2. The number of morpholine rings is 1. The summed E-state index contributed by atoms with van der Waals surface area (Å²) in [6.45, 7) is 7.05. The molecular formula is C19H24Cl2N4O3S. The highest BCUT2D eigenvalue weighted by molar-refractivity contribution is 8.03. The highest BCUT2D eigenvalue weighted by Crippen LogP contribution is 2.23. The number of halogens is 2. The maximum absolute atomic E-state index is 12.0. The van der Waals surface area contributed by atoms with Crippen LogP contribution in [0.4, 0.5) is 0 Å². The Balaban J connectivity index is 1.71. The molecular weight excluding hydrogens is 435 g/mol. The Morgan fingerprint density at radius 3 is 2.86 bits per heavy atom. The molecule has 0 saturated carbocycles. The molecule has 1 atom stereocenters. The van der Waals surface area contributed by atoms with Gasteiger partial charge in [-0.05, 0) is 23.8 Å². The van der Waals surface area contributed by atoms with Crippen molar-refractivity contribution in [2.24, 2.45) is 5.84 Å². The minimum Gasteiger partial charge on any atom is -0.374 e. The third-order valence-corrected chi connectivity index (χ3v) is 5.74. The minimum absolute atomic E-state index is 0.0863. The van der Waals surface area contributed by atoms with Crippen molar-refractivity contribution in [1.82, 2.24) is 15.6 Å². The lowest BCUT2D eigenvalue weighted by atomic mass is 10.2. The van der Waals surface area contributed by atoms with Crippen LogP contribution in [-0.4, -0.2) is 54.8 Å². The van der Waals surface area contributed by atoms with E-state index in [0.29, 0.717) is 34.6 Å². The van der Waals surface area contributed by atoms with Crippen molar-refractivity contribution >= 4 is 46.8 Å². The fourth-order valence-electron chi connectivity index (χ4n) is 2.65. The second-order valence-corrected chi connectivity index (χ2v) is 8.29. The van der Waals surface area contributed by atoms with E-state index in [1.165, 1.54) is 23.9 Å². The summed E-state index contributed by atoms with van der Waals surface area (Å²) in [5, 5.41) is 3.95. The number of nitrogens with zero attached hydrogens (tertiary/aromatic N) is 1. The summed E-state index contributed by atoms with van der Waals surface area (Å²) in [4.78, 5) is 25.9. The first-order valence-electron chi connectivity index (χ1n) is 8.92. The van der Waals surface area contributed by atoms with Gasteiger partial charge in [0.2, 0.25) is 5.91 Å². The molecule has 0 bridgehead atoms. The van der Waals surface area contributed by atoms with E-state index in [-0.39, 0.29) is 17.8 Å². The Morgan fingerprint density at radius 2 is 2.14 bits per heavy atom. The number of hydrazine groups is 1. The van der Waals surface area contributed by atoms with Crippen LogP contribution in [0.5, 0.6) is 0 Å². The number of carbonyl (C=O) groups excluding carboxylic acids is 2. The largest absolute Gasteiger partial charge is 0.374 e. The number of nitrogens with two attached hydrogens (primary N) is 1. The normalized spacial score (nSPS) is 17.3. The molecule has 0 unspecified atom stereocenters. The molecule has 158 valence electrons.